The third kappa shape index (κ3) is 4.72. The number of hydrogen-bond acceptors (Lipinski definition) is 3. The minimum Gasteiger partial charge on any atom is -0.289 e. The zero-order valence-electron chi connectivity index (χ0n) is 21.6. The summed E-state index contributed by atoms with van der Waals surface area (Å²) in [5.74, 6) is -0.309. The van der Waals surface area contributed by atoms with Gasteiger partial charge in [0.15, 0.2) is 11.6 Å². The summed E-state index contributed by atoms with van der Waals surface area (Å²) in [6, 6.07) is 22.0. The van der Waals surface area contributed by atoms with E-state index in [2.05, 4.69) is 0 Å². The van der Waals surface area contributed by atoms with E-state index in [4.69, 9.17) is 0 Å². The molecule has 0 saturated carbocycles. The largest absolute Gasteiger partial charge is 0.289 e. The molecular weight excluding hydrogens is 463 g/mol. The zero-order valence-corrected chi connectivity index (χ0v) is 22.5. The number of ketones is 2. The molecule has 0 N–H and O–H groups in total. The maximum Gasteiger partial charge on any atom is 0.194 e. The lowest BCUT2D eigenvalue weighted by molar-refractivity contribution is 0.103. The second-order valence-electron chi connectivity index (χ2n) is 9.53. The van der Waals surface area contributed by atoms with Crippen LogP contribution in [0.25, 0.3) is 0 Å². The number of carbonyl (C=O) groups excluding carboxylic acids is 2. The second-order valence-corrected chi connectivity index (χ2v) is 11.1. The van der Waals surface area contributed by atoms with E-state index >= 15 is 0 Å². The maximum absolute atomic E-state index is 14.1. The van der Waals surface area contributed by atoms with Gasteiger partial charge in [0.2, 0.25) is 0 Å². The van der Waals surface area contributed by atoms with Gasteiger partial charge in [0, 0.05) is 32.9 Å². The Morgan fingerprint density at radius 3 is 1.17 bits per heavy atom. The van der Waals surface area contributed by atoms with Gasteiger partial charge in [-0.05, 0) is 88.1 Å². The fraction of sp³-hybridized carbons (Fsp3) is 0.188. The molecule has 36 heavy (non-hydrogen) atoms. The molecule has 0 atom stereocenters. The molecule has 0 aliphatic heterocycles. The summed E-state index contributed by atoms with van der Waals surface area (Å²) >= 11 is 0. The van der Waals surface area contributed by atoms with Crippen LogP contribution in [0.1, 0.15) is 65.2 Å². The number of benzene rings is 4. The summed E-state index contributed by atoms with van der Waals surface area (Å²) in [7, 11) is -2.20. The molecule has 0 unspecified atom stereocenters. The van der Waals surface area contributed by atoms with E-state index in [1.165, 1.54) is 0 Å². The van der Waals surface area contributed by atoms with Crippen LogP contribution in [0.2, 0.25) is 0 Å². The van der Waals surface area contributed by atoms with E-state index in [-0.39, 0.29) is 11.6 Å². The first kappa shape index (κ1) is 25.4. The van der Waals surface area contributed by atoms with Crippen molar-refractivity contribution in [3.05, 3.63) is 128 Å². The SMILES string of the molecule is Cc1cc(C)c(C(=O)c2ccccc2[P](=O)c2ccccc2C(=O)c2c(C)cc(C)cc2C)c(C)c1. The average molecular weight is 494 g/mol. The third-order valence-corrected chi connectivity index (χ3v) is 8.20. The van der Waals surface area contributed by atoms with Gasteiger partial charge in [0.05, 0.1) is 0 Å². The molecule has 181 valence electrons. The summed E-state index contributed by atoms with van der Waals surface area (Å²) < 4.78 is 14.1. The van der Waals surface area contributed by atoms with E-state index in [1.54, 1.807) is 48.5 Å². The number of rotatable bonds is 6. The maximum atomic E-state index is 14.1. The standard InChI is InChI=1S/C32H30O3P/c1-19-15-21(3)29(22(4)16-19)31(33)25-11-7-9-13-27(25)36(35)28-14-10-8-12-26(28)32(34)30-23(5)17-20(2)18-24(30)6/h7-18H,1-6H3. The summed E-state index contributed by atoms with van der Waals surface area (Å²) in [6.45, 7) is 11.7. The van der Waals surface area contributed by atoms with Gasteiger partial charge < -0.3 is 0 Å². The number of carbonyl (C=O) groups is 2. The van der Waals surface area contributed by atoms with E-state index in [9.17, 15) is 14.2 Å². The molecule has 0 bridgehead atoms. The van der Waals surface area contributed by atoms with Crippen LogP contribution in [0.3, 0.4) is 0 Å². The summed E-state index contributed by atoms with van der Waals surface area (Å²) in [5.41, 5.74) is 7.82. The molecule has 0 aliphatic rings. The van der Waals surface area contributed by atoms with Crippen molar-refractivity contribution in [2.24, 2.45) is 0 Å². The highest BCUT2D eigenvalue weighted by Gasteiger charge is 2.25. The molecule has 0 amide bonds. The Morgan fingerprint density at radius 2 is 0.833 bits per heavy atom. The molecule has 4 rings (SSSR count). The van der Waals surface area contributed by atoms with Crippen molar-refractivity contribution in [1.82, 2.24) is 0 Å². The van der Waals surface area contributed by atoms with Crippen LogP contribution in [-0.4, -0.2) is 11.6 Å². The molecular formula is C32H30O3P. The normalized spacial score (nSPS) is 10.8. The van der Waals surface area contributed by atoms with Gasteiger partial charge in [-0.2, -0.15) is 0 Å². The Morgan fingerprint density at radius 1 is 0.528 bits per heavy atom. The van der Waals surface area contributed by atoms with Crippen LogP contribution in [0.4, 0.5) is 0 Å². The molecule has 4 aromatic carbocycles. The van der Waals surface area contributed by atoms with Crippen LogP contribution in [0, 0.1) is 41.5 Å². The first-order valence-corrected chi connectivity index (χ1v) is 13.3. The molecule has 0 spiro atoms. The van der Waals surface area contributed by atoms with E-state index in [0.717, 1.165) is 33.4 Å². The summed E-state index contributed by atoms with van der Waals surface area (Å²) in [6.07, 6.45) is 0. The van der Waals surface area contributed by atoms with E-state index < -0.39 is 7.80 Å². The van der Waals surface area contributed by atoms with Gasteiger partial charge in [-0.25, -0.2) is 0 Å². The first-order valence-electron chi connectivity index (χ1n) is 12.0. The van der Waals surface area contributed by atoms with Crippen molar-refractivity contribution in [3.63, 3.8) is 0 Å². The van der Waals surface area contributed by atoms with Gasteiger partial charge in [-0.1, -0.05) is 59.7 Å². The van der Waals surface area contributed by atoms with Crippen LogP contribution >= 0.6 is 7.80 Å². The predicted molar refractivity (Wildman–Crippen MR) is 148 cm³/mol. The lowest BCUT2D eigenvalue weighted by atomic mass is 9.93. The van der Waals surface area contributed by atoms with Crippen molar-refractivity contribution in [2.75, 3.05) is 0 Å². The van der Waals surface area contributed by atoms with E-state index in [0.29, 0.717) is 32.9 Å². The van der Waals surface area contributed by atoms with E-state index in [1.807, 2.05) is 65.8 Å². The highest BCUT2D eigenvalue weighted by atomic mass is 31.1. The molecule has 0 aromatic heterocycles. The number of hydrogen-bond donors (Lipinski definition) is 0. The molecule has 4 aromatic rings. The Bertz CT molecular complexity index is 1380. The second kappa shape index (κ2) is 10.1. The molecule has 1 radical (unpaired) electrons. The Kier molecular flexibility index (Phi) is 7.15. The fourth-order valence-electron chi connectivity index (χ4n) is 5.16. The van der Waals surface area contributed by atoms with Crippen molar-refractivity contribution in [2.45, 2.75) is 41.5 Å². The Balaban J connectivity index is 1.83. The van der Waals surface area contributed by atoms with Gasteiger partial charge in [0.25, 0.3) is 0 Å². The molecule has 0 aliphatic carbocycles. The molecule has 0 saturated heterocycles. The molecule has 4 heteroatoms. The smallest absolute Gasteiger partial charge is 0.194 e. The van der Waals surface area contributed by atoms with Crippen molar-refractivity contribution in [1.29, 1.82) is 0 Å². The molecule has 3 nitrogen and oxygen atoms in total. The van der Waals surface area contributed by atoms with Crippen LogP contribution < -0.4 is 10.6 Å². The number of aryl methyl sites for hydroxylation is 6. The zero-order chi connectivity index (χ0) is 26.1. The lowest BCUT2D eigenvalue weighted by Crippen LogP contribution is -2.22. The average Bonchev–Trinajstić information content (AvgIpc) is 2.82. The van der Waals surface area contributed by atoms with Gasteiger partial charge in [-0.15, -0.1) is 0 Å². The van der Waals surface area contributed by atoms with Crippen LogP contribution in [0.15, 0.2) is 72.8 Å². The van der Waals surface area contributed by atoms with Crippen LogP contribution in [-0.2, 0) is 4.57 Å². The highest BCUT2D eigenvalue weighted by Crippen LogP contribution is 2.29. The molecule has 0 fully saturated rings. The highest BCUT2D eigenvalue weighted by molar-refractivity contribution is 7.62. The van der Waals surface area contributed by atoms with Gasteiger partial charge >= 0.3 is 0 Å². The third-order valence-electron chi connectivity index (χ3n) is 6.54. The summed E-state index contributed by atoms with van der Waals surface area (Å²) in [5, 5.41) is 0.879. The van der Waals surface area contributed by atoms with Crippen molar-refractivity contribution in [3.8, 4) is 0 Å². The van der Waals surface area contributed by atoms with Crippen molar-refractivity contribution < 1.29 is 14.2 Å². The topological polar surface area (TPSA) is 51.2 Å². The fourth-order valence-corrected chi connectivity index (χ4v) is 6.65. The van der Waals surface area contributed by atoms with Gasteiger partial charge in [0.1, 0.15) is 7.80 Å². The van der Waals surface area contributed by atoms with Crippen molar-refractivity contribution >= 4 is 30.0 Å². The van der Waals surface area contributed by atoms with Gasteiger partial charge in [-0.3, -0.25) is 14.2 Å². The predicted octanol–water partition coefficient (Wildman–Crippen LogP) is 6.78. The first-order chi connectivity index (χ1) is 17.1. The quantitative estimate of drug-likeness (QED) is 0.220. The monoisotopic (exact) mass is 493 g/mol. The molecule has 0 heterocycles. The Labute approximate surface area is 214 Å². The lowest BCUT2D eigenvalue weighted by Gasteiger charge is -2.15. The minimum atomic E-state index is -2.20. The minimum absolute atomic E-state index is 0.155. The Hall–Kier alpha value is -3.68. The summed E-state index contributed by atoms with van der Waals surface area (Å²) in [4.78, 5) is 27.4. The van der Waals surface area contributed by atoms with Crippen LogP contribution in [0.5, 0.6) is 0 Å².